The van der Waals surface area contributed by atoms with E-state index in [4.69, 9.17) is 0 Å². The Morgan fingerprint density at radius 1 is 1.43 bits per heavy atom. The highest BCUT2D eigenvalue weighted by Crippen LogP contribution is 2.14. The van der Waals surface area contributed by atoms with Gasteiger partial charge in [0.15, 0.2) is 0 Å². The Morgan fingerprint density at radius 2 is 2.14 bits per heavy atom. The summed E-state index contributed by atoms with van der Waals surface area (Å²) < 4.78 is 13.0. The third-order valence-electron chi connectivity index (χ3n) is 3.89. The maximum Gasteiger partial charge on any atom is 0.321 e. The molecule has 1 N–H and O–H groups in total. The molecule has 0 unspecified atom stereocenters. The number of nitrogens with one attached hydrogen (secondary N) is 1. The number of hydrogen-bond acceptors (Lipinski definition) is 2. The van der Waals surface area contributed by atoms with Crippen LogP contribution in [0, 0.1) is 5.82 Å². The molecular weight excluding hydrogens is 269 g/mol. The van der Waals surface area contributed by atoms with Crippen molar-refractivity contribution in [2.24, 2.45) is 0 Å². The Balaban J connectivity index is 1.83. The second-order valence-electron chi connectivity index (χ2n) is 5.48. The Kier molecular flexibility index (Phi) is 5.33. The molecule has 1 aromatic rings. The summed E-state index contributed by atoms with van der Waals surface area (Å²) in [6.45, 7) is 2.03. The average Bonchev–Trinajstić information content (AvgIpc) is 2.47. The van der Waals surface area contributed by atoms with Gasteiger partial charge in [-0.15, -0.1) is 0 Å². The first kappa shape index (κ1) is 15.5. The number of benzene rings is 1. The van der Waals surface area contributed by atoms with Gasteiger partial charge in [-0.1, -0.05) is 12.1 Å². The van der Waals surface area contributed by atoms with Crippen molar-refractivity contribution in [1.82, 2.24) is 15.1 Å². The van der Waals surface area contributed by atoms with E-state index in [1.807, 2.05) is 7.05 Å². The van der Waals surface area contributed by atoms with Crippen molar-refractivity contribution < 1.29 is 9.18 Å². The van der Waals surface area contributed by atoms with Crippen LogP contribution in [0.25, 0.3) is 6.08 Å². The minimum absolute atomic E-state index is 0.128. The van der Waals surface area contributed by atoms with Gasteiger partial charge in [-0.05, 0) is 56.8 Å². The summed E-state index contributed by atoms with van der Waals surface area (Å²) in [5.41, 5.74) is 0.720. The van der Waals surface area contributed by atoms with Crippen molar-refractivity contribution in [2.75, 3.05) is 27.2 Å². The van der Waals surface area contributed by atoms with Crippen LogP contribution >= 0.6 is 0 Å². The molecule has 1 fully saturated rings. The molecule has 2 amide bonds. The Hall–Kier alpha value is -1.88. The van der Waals surface area contributed by atoms with Gasteiger partial charge in [0, 0.05) is 19.3 Å². The van der Waals surface area contributed by atoms with E-state index in [9.17, 15) is 9.18 Å². The molecule has 1 aliphatic heterocycles. The monoisotopic (exact) mass is 291 g/mol. The summed E-state index contributed by atoms with van der Waals surface area (Å²) in [6, 6.07) is 6.39. The molecular formula is C16H22FN3O. The van der Waals surface area contributed by atoms with Crippen molar-refractivity contribution >= 4 is 12.1 Å². The number of nitrogens with zero attached hydrogens (tertiary/aromatic N) is 2. The Morgan fingerprint density at radius 3 is 2.81 bits per heavy atom. The van der Waals surface area contributed by atoms with E-state index in [2.05, 4.69) is 17.3 Å². The van der Waals surface area contributed by atoms with Crippen LogP contribution in [0.3, 0.4) is 0 Å². The fourth-order valence-corrected chi connectivity index (χ4v) is 2.47. The summed E-state index contributed by atoms with van der Waals surface area (Å²) >= 11 is 0. The lowest BCUT2D eigenvalue weighted by molar-refractivity contribution is 0.150. The number of urea groups is 1. The number of likely N-dealkylation sites (tertiary alicyclic amines) is 1. The first-order valence-corrected chi connectivity index (χ1v) is 7.20. The van der Waals surface area contributed by atoms with Gasteiger partial charge in [0.05, 0.1) is 0 Å². The average molecular weight is 291 g/mol. The van der Waals surface area contributed by atoms with E-state index < -0.39 is 0 Å². The maximum absolute atomic E-state index is 13.0. The summed E-state index contributed by atoms with van der Waals surface area (Å²) in [7, 11) is 3.92. The summed E-state index contributed by atoms with van der Waals surface area (Å²) in [5, 5.41) is 2.73. The molecule has 1 aliphatic rings. The molecule has 114 valence electrons. The van der Waals surface area contributed by atoms with E-state index in [1.165, 1.54) is 12.1 Å². The number of amides is 2. The fourth-order valence-electron chi connectivity index (χ4n) is 2.47. The predicted octanol–water partition coefficient (Wildman–Crippen LogP) is 2.53. The number of hydrogen-bond donors (Lipinski definition) is 1. The van der Waals surface area contributed by atoms with Crippen LogP contribution in [-0.2, 0) is 0 Å². The van der Waals surface area contributed by atoms with Crippen molar-refractivity contribution in [3.05, 3.63) is 41.8 Å². The molecule has 0 spiro atoms. The van der Waals surface area contributed by atoms with Crippen LogP contribution in [0.15, 0.2) is 30.5 Å². The molecule has 0 radical (unpaired) electrons. The smallest absolute Gasteiger partial charge is 0.321 e. The van der Waals surface area contributed by atoms with E-state index in [1.54, 1.807) is 29.3 Å². The zero-order chi connectivity index (χ0) is 15.2. The molecule has 1 saturated heterocycles. The number of carbonyl (C=O) groups is 1. The molecule has 5 heteroatoms. The van der Waals surface area contributed by atoms with Crippen LogP contribution in [0.1, 0.15) is 18.4 Å². The van der Waals surface area contributed by atoms with Gasteiger partial charge in [0.25, 0.3) is 0 Å². The van der Waals surface area contributed by atoms with Gasteiger partial charge in [-0.3, -0.25) is 0 Å². The maximum atomic E-state index is 13.0. The largest absolute Gasteiger partial charge is 0.325 e. The summed E-state index contributed by atoms with van der Waals surface area (Å²) in [4.78, 5) is 16.1. The predicted molar refractivity (Wildman–Crippen MR) is 82.2 cm³/mol. The minimum Gasteiger partial charge on any atom is -0.325 e. The number of halogens is 1. The molecule has 0 bridgehead atoms. The van der Waals surface area contributed by atoms with Gasteiger partial charge in [0.2, 0.25) is 0 Å². The summed E-state index contributed by atoms with van der Waals surface area (Å²) in [5.74, 6) is -0.285. The highest BCUT2D eigenvalue weighted by Gasteiger charge is 2.23. The Bertz CT molecular complexity index is 510. The third kappa shape index (κ3) is 4.56. The lowest BCUT2D eigenvalue weighted by atomic mass is 10.0. The van der Waals surface area contributed by atoms with Crippen LogP contribution in [-0.4, -0.2) is 49.1 Å². The number of carbonyl (C=O) groups excluding carboxylic acids is 1. The van der Waals surface area contributed by atoms with Crippen molar-refractivity contribution in [2.45, 2.75) is 18.9 Å². The minimum atomic E-state index is -0.285. The standard InChI is InChI=1S/C16H22FN3O/c1-19-10-7-15(8-11-19)20(2)16(21)18-9-6-13-4-3-5-14(17)12-13/h3-6,9,12,15H,7-8,10-11H2,1-2H3,(H,18,21)/b9-6+. The van der Waals surface area contributed by atoms with Crippen LogP contribution in [0.5, 0.6) is 0 Å². The Labute approximate surface area is 125 Å². The molecule has 1 aromatic carbocycles. The van der Waals surface area contributed by atoms with Crippen LogP contribution in [0.2, 0.25) is 0 Å². The second-order valence-corrected chi connectivity index (χ2v) is 5.48. The molecule has 0 atom stereocenters. The molecule has 2 rings (SSSR count). The molecule has 0 aliphatic carbocycles. The SMILES string of the molecule is CN1CCC(N(C)C(=O)N/C=C/c2cccc(F)c2)CC1. The van der Waals surface area contributed by atoms with Crippen molar-refractivity contribution in [1.29, 1.82) is 0 Å². The molecule has 0 aromatic heterocycles. The van der Waals surface area contributed by atoms with E-state index >= 15 is 0 Å². The van der Waals surface area contributed by atoms with Crippen LogP contribution in [0.4, 0.5) is 9.18 Å². The second kappa shape index (κ2) is 7.22. The molecule has 21 heavy (non-hydrogen) atoms. The number of piperidine rings is 1. The quantitative estimate of drug-likeness (QED) is 0.929. The van der Waals surface area contributed by atoms with Gasteiger partial charge in [-0.25, -0.2) is 9.18 Å². The first-order valence-electron chi connectivity index (χ1n) is 7.20. The highest BCUT2D eigenvalue weighted by molar-refractivity contribution is 5.76. The van der Waals surface area contributed by atoms with Gasteiger partial charge in [0.1, 0.15) is 5.82 Å². The molecule has 1 heterocycles. The zero-order valence-electron chi connectivity index (χ0n) is 12.6. The normalized spacial score (nSPS) is 17.1. The van der Waals surface area contributed by atoms with Crippen molar-refractivity contribution in [3.8, 4) is 0 Å². The molecule has 4 nitrogen and oxygen atoms in total. The lowest BCUT2D eigenvalue weighted by Gasteiger charge is -2.34. The molecule has 0 saturated carbocycles. The summed E-state index contributed by atoms with van der Waals surface area (Å²) in [6.07, 6.45) is 5.23. The highest BCUT2D eigenvalue weighted by atomic mass is 19.1. The zero-order valence-corrected chi connectivity index (χ0v) is 12.6. The van der Waals surface area contributed by atoms with Crippen LogP contribution < -0.4 is 5.32 Å². The lowest BCUT2D eigenvalue weighted by Crippen LogP contribution is -2.47. The third-order valence-corrected chi connectivity index (χ3v) is 3.89. The van der Waals surface area contributed by atoms with Crippen molar-refractivity contribution in [3.63, 3.8) is 0 Å². The number of rotatable bonds is 3. The van der Waals surface area contributed by atoms with E-state index in [0.29, 0.717) is 0 Å². The first-order chi connectivity index (χ1) is 10.1. The van der Waals surface area contributed by atoms with Gasteiger partial charge < -0.3 is 15.1 Å². The van der Waals surface area contributed by atoms with E-state index in [-0.39, 0.29) is 17.9 Å². The van der Waals surface area contributed by atoms with Gasteiger partial charge >= 0.3 is 6.03 Å². The van der Waals surface area contributed by atoms with Gasteiger partial charge in [-0.2, -0.15) is 0 Å². The van der Waals surface area contributed by atoms with E-state index in [0.717, 1.165) is 31.5 Å². The topological polar surface area (TPSA) is 35.6 Å². The fraction of sp³-hybridized carbons (Fsp3) is 0.438.